The highest BCUT2D eigenvalue weighted by Crippen LogP contribution is 2.31. The first kappa shape index (κ1) is 17.1. The van der Waals surface area contributed by atoms with Crippen LogP contribution >= 0.6 is 0 Å². The van der Waals surface area contributed by atoms with Crippen LogP contribution < -0.4 is 20.3 Å². The molecule has 0 amide bonds. The van der Waals surface area contributed by atoms with Gasteiger partial charge in [-0.15, -0.1) is 0 Å². The summed E-state index contributed by atoms with van der Waals surface area (Å²) in [5.74, 6) is 2.65. The third-order valence-electron chi connectivity index (χ3n) is 4.39. The van der Waals surface area contributed by atoms with Crippen LogP contribution in [0.15, 0.2) is 35.5 Å². The van der Waals surface area contributed by atoms with Gasteiger partial charge in [0.1, 0.15) is 5.75 Å². The van der Waals surface area contributed by atoms with Gasteiger partial charge in [0, 0.05) is 40.2 Å². The molecule has 2 aromatic rings. The van der Waals surface area contributed by atoms with Crippen LogP contribution in [0.1, 0.15) is 23.7 Å². The van der Waals surface area contributed by atoms with Crippen LogP contribution in [0.2, 0.25) is 0 Å². The van der Waals surface area contributed by atoms with Gasteiger partial charge in [-0.3, -0.25) is 4.99 Å². The van der Waals surface area contributed by atoms with Gasteiger partial charge in [-0.2, -0.15) is 0 Å². The number of benzene rings is 1. The third-order valence-corrected chi connectivity index (χ3v) is 4.39. The number of rotatable bonds is 4. The fraction of sp³-hybridized carbons (Fsp3) is 0.444. The number of imidazole rings is 1. The summed E-state index contributed by atoms with van der Waals surface area (Å²) >= 11 is 0. The van der Waals surface area contributed by atoms with Crippen molar-refractivity contribution in [2.45, 2.75) is 19.0 Å². The summed E-state index contributed by atoms with van der Waals surface area (Å²) in [5, 5.41) is 6.88. The quantitative estimate of drug-likeness (QED) is 0.654. The number of hydrogen-bond donors (Lipinski definition) is 2. The van der Waals surface area contributed by atoms with Crippen LogP contribution in [0.3, 0.4) is 0 Å². The summed E-state index contributed by atoms with van der Waals surface area (Å²) in [5.41, 5.74) is 2.27. The summed E-state index contributed by atoms with van der Waals surface area (Å²) in [4.78, 5) is 10.8. The molecule has 134 valence electrons. The van der Waals surface area contributed by atoms with E-state index >= 15 is 0 Å². The lowest BCUT2D eigenvalue weighted by Gasteiger charge is -2.28. The molecule has 7 nitrogen and oxygen atoms in total. The number of guanidine groups is 1. The summed E-state index contributed by atoms with van der Waals surface area (Å²) < 4.78 is 7.80. The summed E-state index contributed by atoms with van der Waals surface area (Å²) in [6, 6.07) is 8.34. The van der Waals surface area contributed by atoms with Crippen molar-refractivity contribution in [1.82, 2.24) is 20.2 Å². The number of ether oxygens (including phenoxy) is 1. The Morgan fingerprint density at radius 2 is 2.20 bits per heavy atom. The van der Waals surface area contributed by atoms with Crippen molar-refractivity contribution < 1.29 is 4.74 Å². The maximum Gasteiger partial charge on any atom is 0.204 e. The first-order valence-electron chi connectivity index (χ1n) is 8.47. The standard InChI is InChI=1S/C18H26N6O/c1-19-17(20-11-13-12-21-18(23(2)3)24(13)4)22-15-9-10-25-16-8-6-5-7-14(15)16/h5-8,12,15H,9-11H2,1-4H3,(H2,19,20,22). The number of fused-ring (bicyclic) bond motifs is 1. The van der Waals surface area contributed by atoms with Gasteiger partial charge >= 0.3 is 0 Å². The maximum absolute atomic E-state index is 5.72. The third kappa shape index (κ3) is 3.70. The summed E-state index contributed by atoms with van der Waals surface area (Å²) in [6.07, 6.45) is 2.80. The summed E-state index contributed by atoms with van der Waals surface area (Å²) in [6.45, 7) is 1.36. The van der Waals surface area contributed by atoms with E-state index in [1.165, 1.54) is 5.56 Å². The molecule has 25 heavy (non-hydrogen) atoms. The average Bonchev–Trinajstić information content (AvgIpc) is 2.99. The fourth-order valence-electron chi connectivity index (χ4n) is 3.04. The first-order chi connectivity index (χ1) is 12.1. The Morgan fingerprint density at radius 1 is 1.40 bits per heavy atom. The van der Waals surface area contributed by atoms with Gasteiger partial charge in [-0.1, -0.05) is 18.2 Å². The number of nitrogens with one attached hydrogen (secondary N) is 2. The van der Waals surface area contributed by atoms with Crippen molar-refractivity contribution in [1.29, 1.82) is 0 Å². The van der Waals surface area contributed by atoms with Gasteiger partial charge < -0.3 is 24.8 Å². The summed E-state index contributed by atoms with van der Waals surface area (Å²) in [7, 11) is 7.78. The zero-order chi connectivity index (χ0) is 17.8. The van der Waals surface area contributed by atoms with Crippen molar-refractivity contribution in [3.8, 4) is 5.75 Å². The Labute approximate surface area is 148 Å². The van der Waals surface area contributed by atoms with Crippen LogP contribution in [0, 0.1) is 0 Å². The van der Waals surface area contributed by atoms with Crippen LogP contribution in [0.4, 0.5) is 5.95 Å². The largest absolute Gasteiger partial charge is 0.493 e. The molecule has 1 aliphatic rings. The molecule has 2 heterocycles. The van der Waals surface area contributed by atoms with Crippen molar-refractivity contribution in [2.24, 2.45) is 12.0 Å². The van der Waals surface area contributed by atoms with E-state index in [2.05, 4.69) is 31.2 Å². The number of anilines is 1. The molecule has 2 N–H and O–H groups in total. The highest BCUT2D eigenvalue weighted by molar-refractivity contribution is 5.80. The topological polar surface area (TPSA) is 66.7 Å². The number of nitrogens with zero attached hydrogens (tertiary/aromatic N) is 4. The van der Waals surface area contributed by atoms with E-state index in [4.69, 9.17) is 4.74 Å². The Balaban J connectivity index is 1.65. The lowest BCUT2D eigenvalue weighted by atomic mass is 10.0. The smallest absolute Gasteiger partial charge is 0.204 e. The average molecular weight is 342 g/mol. The zero-order valence-corrected chi connectivity index (χ0v) is 15.3. The molecule has 0 saturated carbocycles. The highest BCUT2D eigenvalue weighted by Gasteiger charge is 2.21. The fourth-order valence-corrected chi connectivity index (χ4v) is 3.04. The van der Waals surface area contributed by atoms with Crippen molar-refractivity contribution in [3.05, 3.63) is 41.7 Å². The van der Waals surface area contributed by atoms with Gasteiger partial charge in [0.15, 0.2) is 5.96 Å². The molecule has 1 unspecified atom stereocenters. The molecule has 0 radical (unpaired) electrons. The van der Waals surface area contributed by atoms with Crippen molar-refractivity contribution >= 4 is 11.9 Å². The monoisotopic (exact) mass is 342 g/mol. The second-order valence-corrected chi connectivity index (χ2v) is 6.30. The second-order valence-electron chi connectivity index (χ2n) is 6.30. The molecule has 0 bridgehead atoms. The van der Waals surface area contributed by atoms with Gasteiger partial charge in [-0.05, 0) is 6.07 Å². The van der Waals surface area contributed by atoms with Crippen LogP contribution in [-0.4, -0.2) is 43.3 Å². The predicted octanol–water partition coefficient (Wildman–Crippen LogP) is 1.67. The predicted molar refractivity (Wildman–Crippen MR) is 100 cm³/mol. The molecule has 0 fully saturated rings. The second kappa shape index (κ2) is 7.46. The highest BCUT2D eigenvalue weighted by atomic mass is 16.5. The van der Waals surface area contributed by atoms with E-state index in [1.54, 1.807) is 7.05 Å². The first-order valence-corrected chi connectivity index (χ1v) is 8.47. The molecular weight excluding hydrogens is 316 g/mol. The van der Waals surface area contributed by atoms with Crippen molar-refractivity contribution in [2.75, 3.05) is 32.6 Å². The van der Waals surface area contributed by atoms with Gasteiger partial charge in [0.05, 0.1) is 31.1 Å². The van der Waals surface area contributed by atoms with E-state index < -0.39 is 0 Å². The molecule has 1 aliphatic heterocycles. The van der Waals surface area contributed by atoms with Crippen molar-refractivity contribution in [3.63, 3.8) is 0 Å². The normalized spacial score (nSPS) is 16.8. The number of aliphatic imine (C=N–C) groups is 1. The van der Waals surface area contributed by atoms with E-state index in [1.807, 2.05) is 50.4 Å². The number of aromatic nitrogens is 2. The van der Waals surface area contributed by atoms with E-state index in [9.17, 15) is 0 Å². The molecule has 0 aliphatic carbocycles. The molecule has 1 aromatic heterocycles. The van der Waals surface area contributed by atoms with E-state index in [-0.39, 0.29) is 6.04 Å². The maximum atomic E-state index is 5.72. The minimum absolute atomic E-state index is 0.194. The minimum atomic E-state index is 0.194. The molecule has 1 atom stereocenters. The molecule has 0 spiro atoms. The SMILES string of the molecule is CN=C(NCc1cnc(N(C)C)n1C)NC1CCOc2ccccc21. The lowest BCUT2D eigenvalue weighted by molar-refractivity contribution is 0.261. The van der Waals surface area contributed by atoms with Gasteiger partial charge in [0.25, 0.3) is 0 Å². The van der Waals surface area contributed by atoms with Gasteiger partial charge in [-0.25, -0.2) is 4.98 Å². The molecule has 7 heteroatoms. The van der Waals surface area contributed by atoms with Gasteiger partial charge in [0.2, 0.25) is 5.95 Å². The molecule has 1 aromatic carbocycles. The Morgan fingerprint density at radius 3 is 2.92 bits per heavy atom. The molecular formula is C18H26N6O. The Bertz CT molecular complexity index is 752. The Kier molecular flexibility index (Phi) is 5.11. The number of hydrogen-bond acceptors (Lipinski definition) is 4. The number of para-hydroxylation sites is 1. The lowest BCUT2D eigenvalue weighted by Crippen LogP contribution is -2.40. The Hall–Kier alpha value is -2.70. The zero-order valence-electron chi connectivity index (χ0n) is 15.3. The molecule has 3 rings (SSSR count). The van der Waals surface area contributed by atoms with Crippen LogP contribution in [0.25, 0.3) is 0 Å². The van der Waals surface area contributed by atoms with E-state index in [0.717, 1.165) is 29.8 Å². The van der Waals surface area contributed by atoms with Crippen LogP contribution in [0.5, 0.6) is 5.75 Å². The molecule has 0 saturated heterocycles. The minimum Gasteiger partial charge on any atom is -0.493 e. The van der Waals surface area contributed by atoms with Crippen LogP contribution in [-0.2, 0) is 13.6 Å². The van der Waals surface area contributed by atoms with E-state index in [0.29, 0.717) is 13.2 Å².